The van der Waals surface area contributed by atoms with Gasteiger partial charge in [-0.25, -0.2) is 0 Å². The number of aryl methyl sites for hydroxylation is 1. The van der Waals surface area contributed by atoms with Gasteiger partial charge < -0.3 is 5.11 Å². The number of aromatic hydroxyl groups is 1. The lowest BCUT2D eigenvalue weighted by Gasteiger charge is -2.02. The molecule has 0 spiro atoms. The van der Waals surface area contributed by atoms with Crippen molar-refractivity contribution < 1.29 is 22.6 Å². The fourth-order valence-corrected chi connectivity index (χ4v) is 1.77. The topological polar surface area (TPSA) is 94.8 Å². The van der Waals surface area contributed by atoms with Crippen molar-refractivity contribution in [3.63, 3.8) is 0 Å². The molecule has 0 fully saturated rings. The van der Waals surface area contributed by atoms with Gasteiger partial charge in [-0.2, -0.15) is 8.42 Å². The standard InChI is InChI=1S/C14H22O.H2O4S/c1-2-3-4-5-6-7-8-13-9-11-14(15)12-10-13;1-5(2,3)4/h9-12,15H,2-8H2,1H3;(H2,1,2,3,4). The molecule has 0 radical (unpaired) electrons. The van der Waals surface area contributed by atoms with Gasteiger partial charge in [-0.1, -0.05) is 51.2 Å². The molecule has 0 aromatic heterocycles. The van der Waals surface area contributed by atoms with Crippen molar-refractivity contribution in [2.75, 3.05) is 0 Å². The van der Waals surface area contributed by atoms with Gasteiger partial charge in [-0.15, -0.1) is 0 Å². The lowest BCUT2D eigenvalue weighted by Crippen LogP contribution is -1.89. The Bertz CT molecular complexity index is 431. The molecule has 0 amide bonds. The van der Waals surface area contributed by atoms with Crippen LogP contribution in [0.25, 0.3) is 0 Å². The first kappa shape index (κ1) is 18.9. The molecular formula is C14H24O5S. The van der Waals surface area contributed by atoms with Crippen LogP contribution >= 0.6 is 0 Å². The molecule has 1 rings (SSSR count). The van der Waals surface area contributed by atoms with Gasteiger partial charge in [0.15, 0.2) is 0 Å². The summed E-state index contributed by atoms with van der Waals surface area (Å²) in [6.07, 6.45) is 9.19. The van der Waals surface area contributed by atoms with E-state index < -0.39 is 10.4 Å². The number of hydrogen-bond acceptors (Lipinski definition) is 3. The van der Waals surface area contributed by atoms with Crippen molar-refractivity contribution in [2.45, 2.75) is 51.9 Å². The first-order valence-corrected chi connectivity index (χ1v) is 8.20. The van der Waals surface area contributed by atoms with Crippen LogP contribution in [-0.4, -0.2) is 22.6 Å². The third-order valence-electron chi connectivity index (χ3n) is 2.76. The number of unbranched alkanes of at least 4 members (excludes halogenated alkanes) is 5. The smallest absolute Gasteiger partial charge is 0.394 e. The fraction of sp³-hybridized carbons (Fsp3) is 0.571. The van der Waals surface area contributed by atoms with Gasteiger partial charge in [0.25, 0.3) is 0 Å². The molecule has 0 bridgehead atoms. The second kappa shape index (κ2) is 10.7. The molecule has 0 aliphatic carbocycles. The highest BCUT2D eigenvalue weighted by molar-refractivity contribution is 7.79. The Labute approximate surface area is 121 Å². The molecule has 0 atom stereocenters. The summed E-state index contributed by atoms with van der Waals surface area (Å²) in [6.45, 7) is 2.25. The third-order valence-corrected chi connectivity index (χ3v) is 2.76. The maximum Gasteiger partial charge on any atom is 0.394 e. The van der Waals surface area contributed by atoms with E-state index in [0.29, 0.717) is 5.75 Å². The van der Waals surface area contributed by atoms with Crippen molar-refractivity contribution in [3.8, 4) is 5.75 Å². The molecule has 0 aliphatic heterocycles. The molecule has 3 N–H and O–H groups in total. The molecule has 116 valence electrons. The van der Waals surface area contributed by atoms with Crippen molar-refractivity contribution in [3.05, 3.63) is 29.8 Å². The maximum atomic E-state index is 9.13. The zero-order valence-electron chi connectivity index (χ0n) is 11.8. The summed E-state index contributed by atoms with van der Waals surface area (Å²) in [5.74, 6) is 0.363. The summed E-state index contributed by atoms with van der Waals surface area (Å²) in [4.78, 5) is 0. The molecule has 20 heavy (non-hydrogen) atoms. The van der Waals surface area contributed by atoms with Crippen molar-refractivity contribution in [2.24, 2.45) is 0 Å². The Hall–Kier alpha value is -1.11. The van der Waals surface area contributed by atoms with Crippen LogP contribution in [0.15, 0.2) is 24.3 Å². The summed E-state index contributed by atoms with van der Waals surface area (Å²) >= 11 is 0. The highest BCUT2D eigenvalue weighted by Crippen LogP contribution is 2.13. The highest BCUT2D eigenvalue weighted by atomic mass is 32.3. The summed E-state index contributed by atoms with van der Waals surface area (Å²) < 4.78 is 31.6. The average molecular weight is 304 g/mol. The van der Waals surface area contributed by atoms with E-state index in [-0.39, 0.29) is 0 Å². The van der Waals surface area contributed by atoms with Crippen molar-refractivity contribution >= 4 is 10.4 Å². The molecule has 0 unspecified atom stereocenters. The van der Waals surface area contributed by atoms with Crippen molar-refractivity contribution in [1.82, 2.24) is 0 Å². The first-order chi connectivity index (χ1) is 9.33. The summed E-state index contributed by atoms with van der Waals surface area (Å²) in [7, 11) is -4.67. The molecule has 5 nitrogen and oxygen atoms in total. The Morgan fingerprint density at radius 3 is 1.85 bits per heavy atom. The van der Waals surface area contributed by atoms with E-state index >= 15 is 0 Å². The fourth-order valence-electron chi connectivity index (χ4n) is 1.77. The van der Waals surface area contributed by atoms with Crippen molar-refractivity contribution in [1.29, 1.82) is 0 Å². The number of phenolic OH excluding ortho intramolecular Hbond substituents is 1. The predicted molar refractivity (Wildman–Crippen MR) is 79.4 cm³/mol. The monoisotopic (exact) mass is 304 g/mol. The van der Waals surface area contributed by atoms with E-state index in [1.54, 1.807) is 12.1 Å². The van der Waals surface area contributed by atoms with Crippen LogP contribution in [0, 0.1) is 0 Å². The van der Waals surface area contributed by atoms with Crippen LogP contribution in [-0.2, 0) is 16.8 Å². The first-order valence-electron chi connectivity index (χ1n) is 6.80. The molecule has 0 saturated carbocycles. The van der Waals surface area contributed by atoms with E-state index in [1.807, 2.05) is 12.1 Å². The van der Waals surface area contributed by atoms with Gasteiger partial charge in [0.2, 0.25) is 0 Å². The minimum absolute atomic E-state index is 0.363. The zero-order chi connectivity index (χ0) is 15.4. The minimum atomic E-state index is -4.67. The molecule has 1 aromatic rings. The van der Waals surface area contributed by atoms with Crippen LogP contribution in [0.5, 0.6) is 5.75 Å². The second-order valence-corrected chi connectivity index (χ2v) is 5.53. The number of benzene rings is 1. The number of phenols is 1. The van der Waals surface area contributed by atoms with Crippen LogP contribution in [0.1, 0.15) is 51.0 Å². The lowest BCUT2D eigenvalue weighted by molar-refractivity contribution is 0.381. The molecule has 0 heterocycles. The van der Waals surface area contributed by atoms with E-state index in [0.717, 1.165) is 6.42 Å². The van der Waals surface area contributed by atoms with Crippen LogP contribution < -0.4 is 0 Å². The van der Waals surface area contributed by atoms with Gasteiger partial charge in [0.05, 0.1) is 0 Å². The lowest BCUT2D eigenvalue weighted by atomic mass is 10.1. The van der Waals surface area contributed by atoms with E-state index in [4.69, 9.17) is 22.6 Å². The molecule has 6 heteroatoms. The normalized spacial score (nSPS) is 10.8. The van der Waals surface area contributed by atoms with Gasteiger partial charge in [-0.3, -0.25) is 9.11 Å². The summed E-state index contributed by atoms with van der Waals surface area (Å²) in [5.41, 5.74) is 1.34. The zero-order valence-corrected chi connectivity index (χ0v) is 12.6. The van der Waals surface area contributed by atoms with E-state index in [1.165, 1.54) is 44.1 Å². The predicted octanol–water partition coefficient (Wildman–Crippen LogP) is 3.64. The van der Waals surface area contributed by atoms with Gasteiger partial charge >= 0.3 is 10.4 Å². The van der Waals surface area contributed by atoms with Crippen LogP contribution in [0.3, 0.4) is 0 Å². The van der Waals surface area contributed by atoms with E-state index in [9.17, 15) is 0 Å². The highest BCUT2D eigenvalue weighted by Gasteiger charge is 1.94. The average Bonchev–Trinajstić information content (AvgIpc) is 2.34. The molecule has 1 aromatic carbocycles. The quantitative estimate of drug-likeness (QED) is 0.528. The maximum absolute atomic E-state index is 9.13. The van der Waals surface area contributed by atoms with Gasteiger partial charge in [-0.05, 0) is 30.5 Å². The SMILES string of the molecule is CCCCCCCCc1ccc(O)cc1.O=S(=O)(O)O. The van der Waals surface area contributed by atoms with E-state index in [2.05, 4.69) is 6.92 Å². The molecule has 0 saturated heterocycles. The second-order valence-electron chi connectivity index (χ2n) is 4.63. The minimum Gasteiger partial charge on any atom is -0.508 e. The molecule has 0 aliphatic rings. The Kier molecular flexibility index (Phi) is 10.1. The van der Waals surface area contributed by atoms with Gasteiger partial charge in [0, 0.05) is 0 Å². The van der Waals surface area contributed by atoms with Gasteiger partial charge in [0.1, 0.15) is 5.75 Å². The summed E-state index contributed by atoms with van der Waals surface area (Å²) in [6, 6.07) is 7.57. The Morgan fingerprint density at radius 1 is 0.900 bits per heavy atom. The Morgan fingerprint density at radius 2 is 1.35 bits per heavy atom. The third kappa shape index (κ3) is 14.9. The number of hydrogen-bond donors (Lipinski definition) is 3. The van der Waals surface area contributed by atoms with Crippen LogP contribution in [0.2, 0.25) is 0 Å². The molecular weight excluding hydrogens is 280 g/mol. The largest absolute Gasteiger partial charge is 0.508 e. The number of rotatable bonds is 7. The Balaban J connectivity index is 0.000000621. The summed E-state index contributed by atoms with van der Waals surface area (Å²) in [5, 5.41) is 9.13. The van der Waals surface area contributed by atoms with Crippen LogP contribution in [0.4, 0.5) is 0 Å².